The number of halogens is 1. The van der Waals surface area contributed by atoms with Gasteiger partial charge in [-0.25, -0.2) is 9.48 Å². The predicted octanol–water partition coefficient (Wildman–Crippen LogP) is 2.91. The number of fused-ring (bicyclic) bond motifs is 1. The number of carbonyl (C=O) groups is 1. The van der Waals surface area contributed by atoms with Crippen molar-refractivity contribution in [2.45, 2.75) is 19.9 Å². The molecule has 9 heteroatoms. The number of hydrogen-bond acceptors (Lipinski definition) is 7. The van der Waals surface area contributed by atoms with Crippen LogP contribution in [-0.2, 0) is 9.53 Å². The minimum Gasteiger partial charge on any atom is -0.493 e. The van der Waals surface area contributed by atoms with Crippen molar-refractivity contribution in [3.63, 3.8) is 0 Å². The molecular formula is C17H19BrN4O4. The van der Waals surface area contributed by atoms with Crippen molar-refractivity contribution in [1.29, 1.82) is 0 Å². The van der Waals surface area contributed by atoms with Crippen molar-refractivity contribution >= 4 is 27.8 Å². The van der Waals surface area contributed by atoms with Crippen LogP contribution in [0.5, 0.6) is 11.5 Å². The first-order chi connectivity index (χ1) is 12.5. The molecule has 1 aromatic carbocycles. The van der Waals surface area contributed by atoms with Gasteiger partial charge in [-0.15, -0.1) is 0 Å². The molecule has 1 aliphatic rings. The molecule has 1 aliphatic heterocycles. The lowest BCUT2D eigenvalue weighted by Crippen LogP contribution is -2.29. The molecule has 3 rings (SSSR count). The molecule has 1 N–H and O–H groups in total. The van der Waals surface area contributed by atoms with Crippen LogP contribution in [0.2, 0.25) is 0 Å². The van der Waals surface area contributed by atoms with Crippen LogP contribution in [0.3, 0.4) is 0 Å². The fourth-order valence-electron chi connectivity index (χ4n) is 2.97. The lowest BCUT2D eigenvalue weighted by molar-refractivity contribution is -0.139. The summed E-state index contributed by atoms with van der Waals surface area (Å²) in [5.74, 6) is 1.25. The topological polar surface area (TPSA) is 87.5 Å². The van der Waals surface area contributed by atoms with Gasteiger partial charge in [0, 0.05) is 5.70 Å². The highest BCUT2D eigenvalue weighted by atomic mass is 79.9. The number of hydrogen-bond donors (Lipinski definition) is 1. The number of carbonyl (C=O) groups excluding carboxylic acids is 1. The van der Waals surface area contributed by atoms with E-state index in [-0.39, 0.29) is 6.61 Å². The number of esters is 1. The van der Waals surface area contributed by atoms with Crippen molar-refractivity contribution in [3.05, 3.63) is 39.8 Å². The molecule has 1 atom stereocenters. The van der Waals surface area contributed by atoms with Gasteiger partial charge in [-0.1, -0.05) is 0 Å². The molecule has 0 unspecified atom stereocenters. The first-order valence-electron chi connectivity index (χ1n) is 7.97. The van der Waals surface area contributed by atoms with Crippen LogP contribution in [0.4, 0.5) is 5.95 Å². The van der Waals surface area contributed by atoms with Crippen LogP contribution >= 0.6 is 15.9 Å². The molecular weight excluding hydrogens is 404 g/mol. The van der Waals surface area contributed by atoms with Gasteiger partial charge in [0.05, 0.1) is 30.9 Å². The number of allylic oxidation sites excluding steroid dienone is 1. The smallest absolute Gasteiger partial charge is 0.338 e. The summed E-state index contributed by atoms with van der Waals surface area (Å²) in [7, 11) is 3.13. The summed E-state index contributed by atoms with van der Waals surface area (Å²) in [5, 5.41) is 7.38. The monoisotopic (exact) mass is 422 g/mol. The van der Waals surface area contributed by atoms with E-state index in [0.29, 0.717) is 33.2 Å². The molecule has 2 heterocycles. The fraction of sp³-hybridized carbons (Fsp3) is 0.353. The van der Waals surface area contributed by atoms with E-state index in [2.05, 4.69) is 31.3 Å². The molecule has 0 saturated heterocycles. The number of methoxy groups -OCH3 is 2. The summed E-state index contributed by atoms with van der Waals surface area (Å²) in [5.41, 5.74) is 1.91. The van der Waals surface area contributed by atoms with E-state index >= 15 is 0 Å². The Hall–Kier alpha value is -2.55. The molecule has 26 heavy (non-hydrogen) atoms. The van der Waals surface area contributed by atoms with Crippen molar-refractivity contribution < 1.29 is 19.0 Å². The summed E-state index contributed by atoms with van der Waals surface area (Å²) in [6, 6.07) is 3.18. The number of aromatic nitrogens is 3. The molecule has 0 aliphatic carbocycles. The number of nitrogens with one attached hydrogen (secondary N) is 1. The molecule has 2 aromatic rings. The summed E-state index contributed by atoms with van der Waals surface area (Å²) in [6.45, 7) is 3.86. The van der Waals surface area contributed by atoms with Crippen LogP contribution in [0.25, 0.3) is 0 Å². The Morgan fingerprint density at radius 3 is 2.77 bits per heavy atom. The molecule has 0 saturated carbocycles. The van der Waals surface area contributed by atoms with Crippen LogP contribution in [0, 0.1) is 0 Å². The SMILES string of the molecule is CCOC(=O)C1=C(C)Nc2ncnn2[C@H]1c1cc(Br)c(OC)c(OC)c1. The first-order valence-corrected chi connectivity index (χ1v) is 8.76. The summed E-state index contributed by atoms with van der Waals surface area (Å²) in [4.78, 5) is 16.8. The second-order valence-electron chi connectivity index (χ2n) is 5.55. The molecule has 0 amide bonds. The van der Waals surface area contributed by atoms with E-state index in [0.717, 1.165) is 5.56 Å². The van der Waals surface area contributed by atoms with Gasteiger partial charge in [0.15, 0.2) is 11.5 Å². The molecule has 138 valence electrons. The molecule has 0 fully saturated rings. The van der Waals surface area contributed by atoms with Crippen molar-refractivity contribution in [2.24, 2.45) is 0 Å². The van der Waals surface area contributed by atoms with Gasteiger partial charge in [-0.3, -0.25) is 0 Å². The second-order valence-corrected chi connectivity index (χ2v) is 6.41. The predicted molar refractivity (Wildman–Crippen MR) is 98.4 cm³/mol. The van der Waals surface area contributed by atoms with Crippen molar-refractivity contribution in [1.82, 2.24) is 14.8 Å². The Balaban J connectivity index is 2.20. The van der Waals surface area contributed by atoms with E-state index in [1.807, 2.05) is 19.1 Å². The van der Waals surface area contributed by atoms with E-state index in [1.165, 1.54) is 6.33 Å². The summed E-state index contributed by atoms with van der Waals surface area (Å²) >= 11 is 3.50. The van der Waals surface area contributed by atoms with Gasteiger partial charge < -0.3 is 19.5 Å². The summed E-state index contributed by atoms with van der Waals surface area (Å²) < 4.78 is 18.4. The average molecular weight is 423 g/mol. The van der Waals surface area contributed by atoms with Gasteiger partial charge >= 0.3 is 5.97 Å². The standard InChI is InChI=1S/C17H19BrN4O4/c1-5-26-16(23)13-9(2)21-17-19-8-20-22(17)14(13)10-6-11(18)15(25-4)12(7-10)24-3/h6-8,14H,5H2,1-4H3,(H,19,20,21)/t14-/m0/s1. The van der Waals surface area contributed by atoms with Crippen LogP contribution in [-0.4, -0.2) is 41.6 Å². The minimum absolute atomic E-state index is 0.280. The molecule has 0 radical (unpaired) electrons. The maximum absolute atomic E-state index is 12.6. The van der Waals surface area contributed by atoms with Gasteiger partial charge in [-0.05, 0) is 47.5 Å². The average Bonchev–Trinajstić information content (AvgIpc) is 3.07. The third-order valence-corrected chi connectivity index (χ3v) is 4.65. The van der Waals surface area contributed by atoms with Crippen LogP contribution in [0.15, 0.2) is 34.2 Å². The van der Waals surface area contributed by atoms with E-state index < -0.39 is 12.0 Å². The molecule has 0 spiro atoms. The number of ether oxygens (including phenoxy) is 3. The van der Waals surface area contributed by atoms with E-state index in [9.17, 15) is 4.79 Å². The Morgan fingerprint density at radius 2 is 2.12 bits per heavy atom. The highest BCUT2D eigenvalue weighted by Crippen LogP contribution is 2.42. The van der Waals surface area contributed by atoms with Crippen molar-refractivity contribution in [2.75, 3.05) is 26.1 Å². The Labute approximate surface area is 159 Å². The third-order valence-electron chi connectivity index (χ3n) is 4.06. The van der Waals surface area contributed by atoms with Gasteiger partial charge in [0.2, 0.25) is 5.95 Å². The Bertz CT molecular complexity index is 878. The van der Waals surface area contributed by atoms with Gasteiger partial charge in [0.1, 0.15) is 12.4 Å². The number of benzene rings is 1. The highest BCUT2D eigenvalue weighted by molar-refractivity contribution is 9.10. The van der Waals surface area contributed by atoms with Gasteiger partial charge in [-0.2, -0.15) is 10.1 Å². The van der Waals surface area contributed by atoms with E-state index in [4.69, 9.17) is 14.2 Å². The molecule has 1 aromatic heterocycles. The normalized spacial score (nSPS) is 16.0. The maximum atomic E-state index is 12.6. The quantitative estimate of drug-likeness (QED) is 0.740. The molecule has 8 nitrogen and oxygen atoms in total. The van der Waals surface area contributed by atoms with Gasteiger partial charge in [0.25, 0.3) is 0 Å². The van der Waals surface area contributed by atoms with E-state index in [1.54, 1.807) is 25.8 Å². The first kappa shape index (κ1) is 18.2. The zero-order valence-corrected chi connectivity index (χ0v) is 16.5. The molecule has 0 bridgehead atoms. The third kappa shape index (κ3) is 3.03. The zero-order chi connectivity index (χ0) is 18.8. The highest BCUT2D eigenvalue weighted by Gasteiger charge is 2.35. The zero-order valence-electron chi connectivity index (χ0n) is 14.9. The fourth-order valence-corrected chi connectivity index (χ4v) is 3.59. The number of nitrogens with zero attached hydrogens (tertiary/aromatic N) is 3. The Kier molecular flexibility index (Phi) is 5.17. The largest absolute Gasteiger partial charge is 0.493 e. The number of anilines is 1. The number of rotatable bonds is 5. The van der Waals surface area contributed by atoms with Crippen LogP contribution in [0.1, 0.15) is 25.5 Å². The minimum atomic E-state index is -0.510. The van der Waals surface area contributed by atoms with Crippen LogP contribution < -0.4 is 14.8 Å². The lowest BCUT2D eigenvalue weighted by atomic mass is 9.95. The maximum Gasteiger partial charge on any atom is 0.338 e. The Morgan fingerprint density at radius 1 is 1.35 bits per heavy atom. The lowest BCUT2D eigenvalue weighted by Gasteiger charge is -2.28. The van der Waals surface area contributed by atoms with Crippen molar-refractivity contribution in [3.8, 4) is 11.5 Å². The second kappa shape index (κ2) is 7.36. The summed E-state index contributed by atoms with van der Waals surface area (Å²) in [6.07, 6.45) is 1.44.